The van der Waals surface area contributed by atoms with Crippen LogP contribution in [0.2, 0.25) is 0 Å². The molecule has 3 atom stereocenters. The van der Waals surface area contributed by atoms with Crippen LogP contribution in [0.25, 0.3) is 11.2 Å². The van der Waals surface area contributed by atoms with Crippen molar-refractivity contribution in [3.63, 3.8) is 0 Å². The van der Waals surface area contributed by atoms with E-state index in [-0.39, 0.29) is 24.7 Å². The Kier molecular flexibility index (Phi) is 2.64. The third-order valence-corrected chi connectivity index (χ3v) is 3.60. The van der Waals surface area contributed by atoms with E-state index in [9.17, 15) is 5.11 Å². The van der Waals surface area contributed by atoms with E-state index in [1.807, 2.05) is 4.57 Å². The van der Waals surface area contributed by atoms with Gasteiger partial charge in [0.05, 0.1) is 31.7 Å². The van der Waals surface area contributed by atoms with Crippen molar-refractivity contribution in [1.82, 2.24) is 19.5 Å². The van der Waals surface area contributed by atoms with Gasteiger partial charge in [0.25, 0.3) is 0 Å². The quantitative estimate of drug-likeness (QED) is 0.775. The Morgan fingerprint density at radius 3 is 3.06 bits per heavy atom. The summed E-state index contributed by atoms with van der Waals surface area (Å²) in [6.07, 6.45) is 3.01. The molecule has 2 aromatic heterocycles. The SMILES string of the molecule is C[C@@H]1[C@@H](CO)OC[C@@H]1n1cnc2c(N)ncnc21. The molecule has 0 saturated carbocycles. The van der Waals surface area contributed by atoms with E-state index in [1.165, 1.54) is 6.33 Å². The second-order valence-corrected chi connectivity index (χ2v) is 4.56. The molecule has 3 heterocycles. The smallest absolute Gasteiger partial charge is 0.165 e. The van der Waals surface area contributed by atoms with Gasteiger partial charge in [-0.1, -0.05) is 6.92 Å². The fraction of sp³-hybridized carbons (Fsp3) is 0.545. The van der Waals surface area contributed by atoms with Crippen LogP contribution in [0.4, 0.5) is 5.82 Å². The van der Waals surface area contributed by atoms with Gasteiger partial charge in [-0.05, 0) is 0 Å². The first-order chi connectivity index (χ1) is 8.72. The second kappa shape index (κ2) is 4.18. The minimum Gasteiger partial charge on any atom is -0.394 e. The lowest BCUT2D eigenvalue weighted by molar-refractivity contribution is 0.0429. The summed E-state index contributed by atoms with van der Waals surface area (Å²) in [7, 11) is 0. The van der Waals surface area contributed by atoms with Gasteiger partial charge in [-0.25, -0.2) is 15.0 Å². The summed E-state index contributed by atoms with van der Waals surface area (Å²) in [4.78, 5) is 12.4. The van der Waals surface area contributed by atoms with E-state index in [2.05, 4.69) is 21.9 Å². The number of nitrogens with zero attached hydrogens (tertiary/aromatic N) is 4. The van der Waals surface area contributed by atoms with E-state index in [4.69, 9.17) is 10.5 Å². The van der Waals surface area contributed by atoms with Crippen LogP contribution in [0.1, 0.15) is 13.0 Å². The van der Waals surface area contributed by atoms with Gasteiger partial charge in [0.2, 0.25) is 0 Å². The average Bonchev–Trinajstić information content (AvgIpc) is 2.93. The predicted molar refractivity (Wildman–Crippen MR) is 64.8 cm³/mol. The van der Waals surface area contributed by atoms with Crippen LogP contribution in [-0.4, -0.2) is 43.9 Å². The van der Waals surface area contributed by atoms with Gasteiger partial charge in [-0.3, -0.25) is 0 Å². The molecule has 0 aliphatic carbocycles. The Balaban J connectivity index is 2.03. The highest BCUT2D eigenvalue weighted by Gasteiger charge is 2.35. The van der Waals surface area contributed by atoms with Crippen molar-refractivity contribution in [3.05, 3.63) is 12.7 Å². The zero-order valence-corrected chi connectivity index (χ0v) is 10.0. The van der Waals surface area contributed by atoms with E-state index >= 15 is 0 Å². The lowest BCUT2D eigenvalue weighted by Crippen LogP contribution is -2.22. The fourth-order valence-electron chi connectivity index (χ4n) is 2.44. The van der Waals surface area contributed by atoms with E-state index in [1.54, 1.807) is 6.33 Å². The molecule has 1 aliphatic rings. The van der Waals surface area contributed by atoms with Crippen LogP contribution in [-0.2, 0) is 4.74 Å². The number of nitrogens with two attached hydrogens (primary N) is 1. The highest BCUT2D eigenvalue weighted by Crippen LogP contribution is 2.32. The molecule has 3 rings (SSSR count). The Labute approximate surface area is 104 Å². The number of nitrogen functional groups attached to an aromatic ring is 1. The van der Waals surface area contributed by atoms with Gasteiger partial charge in [0.1, 0.15) is 11.8 Å². The van der Waals surface area contributed by atoms with Gasteiger partial charge >= 0.3 is 0 Å². The number of hydrogen-bond donors (Lipinski definition) is 2. The topological polar surface area (TPSA) is 99.1 Å². The molecule has 0 amide bonds. The van der Waals surface area contributed by atoms with Crippen LogP contribution in [0, 0.1) is 5.92 Å². The molecule has 1 saturated heterocycles. The number of hydrogen-bond acceptors (Lipinski definition) is 6. The number of ether oxygens (including phenoxy) is 1. The van der Waals surface area contributed by atoms with Gasteiger partial charge in [-0.15, -0.1) is 0 Å². The molecule has 3 N–H and O–H groups in total. The van der Waals surface area contributed by atoms with Gasteiger partial charge in [0, 0.05) is 5.92 Å². The molecule has 7 nitrogen and oxygen atoms in total. The number of fused-ring (bicyclic) bond motifs is 1. The van der Waals surface area contributed by atoms with Gasteiger partial charge in [-0.2, -0.15) is 0 Å². The molecule has 96 valence electrons. The molecular weight excluding hydrogens is 234 g/mol. The first kappa shape index (κ1) is 11.4. The van der Waals surface area contributed by atoms with E-state index in [0.717, 1.165) is 0 Å². The highest BCUT2D eigenvalue weighted by molar-refractivity contribution is 5.81. The standard InChI is InChI=1S/C11H15N5O2/c1-6-7(3-18-8(6)2-17)16-5-15-9-10(12)13-4-14-11(9)16/h4-8,17H,2-3H2,1H3,(H2,12,13,14)/t6-,7-,8+/m0/s1. The average molecular weight is 249 g/mol. The monoisotopic (exact) mass is 249 g/mol. The van der Waals surface area contributed by atoms with Crippen LogP contribution >= 0.6 is 0 Å². The number of aromatic nitrogens is 4. The molecule has 0 spiro atoms. The maximum Gasteiger partial charge on any atom is 0.165 e. The number of aliphatic hydroxyl groups is 1. The molecule has 7 heteroatoms. The first-order valence-electron chi connectivity index (χ1n) is 5.88. The maximum atomic E-state index is 9.21. The molecule has 18 heavy (non-hydrogen) atoms. The summed E-state index contributed by atoms with van der Waals surface area (Å²) in [5.74, 6) is 0.576. The molecule has 0 unspecified atom stereocenters. The van der Waals surface area contributed by atoms with Crippen molar-refractivity contribution in [2.24, 2.45) is 5.92 Å². The van der Waals surface area contributed by atoms with Crippen molar-refractivity contribution >= 4 is 17.0 Å². The van der Waals surface area contributed by atoms with Crippen LogP contribution < -0.4 is 5.73 Å². The zero-order valence-electron chi connectivity index (χ0n) is 10.0. The predicted octanol–water partition coefficient (Wildman–Crippen LogP) is -0.0232. The summed E-state index contributed by atoms with van der Waals surface area (Å²) in [6, 6.07) is 0.112. The molecule has 1 fully saturated rings. The number of anilines is 1. The van der Waals surface area contributed by atoms with Crippen molar-refractivity contribution in [1.29, 1.82) is 0 Å². The lowest BCUT2D eigenvalue weighted by atomic mass is 10.00. The summed E-state index contributed by atoms with van der Waals surface area (Å²) < 4.78 is 7.51. The zero-order chi connectivity index (χ0) is 12.7. The second-order valence-electron chi connectivity index (χ2n) is 4.56. The fourth-order valence-corrected chi connectivity index (χ4v) is 2.44. The molecule has 0 bridgehead atoms. The van der Waals surface area contributed by atoms with Crippen molar-refractivity contribution in [2.45, 2.75) is 19.1 Å². The van der Waals surface area contributed by atoms with Crippen LogP contribution in [0.15, 0.2) is 12.7 Å². The molecule has 0 radical (unpaired) electrons. The normalized spacial score (nSPS) is 28.0. The molecule has 0 aromatic carbocycles. The van der Waals surface area contributed by atoms with Crippen molar-refractivity contribution in [3.8, 4) is 0 Å². The minimum absolute atomic E-state index is 0.0292. The van der Waals surface area contributed by atoms with E-state index in [0.29, 0.717) is 23.6 Å². The Hall–Kier alpha value is -1.73. The maximum absolute atomic E-state index is 9.21. The number of rotatable bonds is 2. The number of aliphatic hydroxyl groups excluding tert-OH is 1. The van der Waals surface area contributed by atoms with Gasteiger partial charge in [0.15, 0.2) is 11.5 Å². The third-order valence-electron chi connectivity index (χ3n) is 3.60. The third kappa shape index (κ3) is 1.55. The Morgan fingerprint density at radius 2 is 2.33 bits per heavy atom. The Bertz CT molecular complexity index is 570. The first-order valence-corrected chi connectivity index (χ1v) is 5.88. The molecule has 1 aliphatic heterocycles. The largest absolute Gasteiger partial charge is 0.394 e. The Morgan fingerprint density at radius 1 is 1.50 bits per heavy atom. The van der Waals surface area contributed by atoms with Gasteiger partial charge < -0.3 is 20.1 Å². The van der Waals surface area contributed by atoms with Crippen LogP contribution in [0.3, 0.4) is 0 Å². The summed E-state index contributed by atoms with van der Waals surface area (Å²) in [5, 5.41) is 9.21. The van der Waals surface area contributed by atoms with E-state index < -0.39 is 0 Å². The number of imidazole rings is 1. The summed E-state index contributed by atoms with van der Waals surface area (Å²) in [6.45, 7) is 2.62. The molecule has 2 aromatic rings. The molecular formula is C11H15N5O2. The van der Waals surface area contributed by atoms with Crippen molar-refractivity contribution < 1.29 is 9.84 Å². The summed E-state index contributed by atoms with van der Waals surface area (Å²) >= 11 is 0. The van der Waals surface area contributed by atoms with Crippen molar-refractivity contribution in [2.75, 3.05) is 18.9 Å². The van der Waals surface area contributed by atoms with Crippen LogP contribution in [0.5, 0.6) is 0 Å². The minimum atomic E-state index is -0.133. The summed E-state index contributed by atoms with van der Waals surface area (Å²) in [5.41, 5.74) is 7.08. The highest BCUT2D eigenvalue weighted by atomic mass is 16.5. The lowest BCUT2D eigenvalue weighted by Gasteiger charge is -2.18.